The number of likely N-dealkylation sites (tertiary alicyclic amines) is 1. The Morgan fingerprint density at radius 3 is 2.52 bits per heavy atom. The van der Waals surface area contributed by atoms with Gasteiger partial charge in [0.05, 0.1) is 6.61 Å². The average Bonchev–Trinajstić information content (AvgIpc) is 3.14. The molecular weight excluding hydrogens is 338 g/mol. The summed E-state index contributed by atoms with van der Waals surface area (Å²) >= 11 is 0. The minimum absolute atomic E-state index is 0.0443. The third kappa shape index (κ3) is 5.43. The van der Waals surface area contributed by atoms with E-state index in [0.29, 0.717) is 31.1 Å². The number of hydrogen-bond donors (Lipinski definition) is 0. The quantitative estimate of drug-likeness (QED) is 0.518. The number of Topliss-reactive ketones (excluding diaryl/α,β-unsaturated/α-hetero) is 1. The Labute approximate surface area is 161 Å². The van der Waals surface area contributed by atoms with Gasteiger partial charge in [-0.25, -0.2) is 0 Å². The first kappa shape index (κ1) is 19.2. The Balaban J connectivity index is 1.42. The van der Waals surface area contributed by atoms with Crippen LogP contribution in [0.2, 0.25) is 0 Å². The Kier molecular flexibility index (Phi) is 6.64. The van der Waals surface area contributed by atoms with Crippen molar-refractivity contribution < 1.29 is 14.3 Å². The summed E-state index contributed by atoms with van der Waals surface area (Å²) in [6.07, 6.45) is 4.31. The normalized spacial score (nSPS) is 16.3. The van der Waals surface area contributed by atoms with Crippen molar-refractivity contribution in [3.8, 4) is 5.75 Å². The Morgan fingerprint density at radius 1 is 1.07 bits per heavy atom. The molecule has 4 heteroatoms. The predicted octanol–water partition coefficient (Wildman–Crippen LogP) is 4.28. The molecule has 1 saturated heterocycles. The third-order valence-corrected chi connectivity index (χ3v) is 5.08. The molecule has 1 heterocycles. The molecule has 4 nitrogen and oxygen atoms in total. The number of benzene rings is 2. The van der Waals surface area contributed by atoms with Crippen LogP contribution in [0.1, 0.15) is 48.5 Å². The van der Waals surface area contributed by atoms with Gasteiger partial charge in [0.1, 0.15) is 5.75 Å². The van der Waals surface area contributed by atoms with Gasteiger partial charge in [0.2, 0.25) is 5.91 Å². The molecule has 1 fully saturated rings. The monoisotopic (exact) mass is 365 g/mol. The van der Waals surface area contributed by atoms with E-state index in [1.54, 1.807) is 31.2 Å². The molecule has 1 amide bonds. The first-order chi connectivity index (χ1) is 13.1. The van der Waals surface area contributed by atoms with Crippen LogP contribution in [0.5, 0.6) is 5.75 Å². The molecule has 2 aromatic carbocycles. The summed E-state index contributed by atoms with van der Waals surface area (Å²) in [6.45, 7) is 2.91. The fourth-order valence-corrected chi connectivity index (χ4v) is 3.61. The number of amides is 1. The maximum Gasteiger partial charge on any atom is 0.222 e. The molecule has 0 aliphatic carbocycles. The summed E-state index contributed by atoms with van der Waals surface area (Å²) in [5.74, 6) is 1.00. The van der Waals surface area contributed by atoms with Crippen molar-refractivity contribution in [3.05, 3.63) is 65.7 Å². The van der Waals surface area contributed by atoms with Crippen molar-refractivity contribution in [2.75, 3.05) is 13.2 Å². The van der Waals surface area contributed by atoms with Crippen molar-refractivity contribution in [1.29, 1.82) is 0 Å². The number of hydrogen-bond acceptors (Lipinski definition) is 3. The van der Waals surface area contributed by atoms with E-state index in [2.05, 4.69) is 29.2 Å². The number of ether oxygens (including phenoxy) is 1. The van der Waals surface area contributed by atoms with Crippen molar-refractivity contribution >= 4 is 11.7 Å². The van der Waals surface area contributed by atoms with E-state index >= 15 is 0 Å². The predicted molar refractivity (Wildman–Crippen MR) is 106 cm³/mol. The minimum atomic E-state index is 0.0443. The van der Waals surface area contributed by atoms with E-state index < -0.39 is 0 Å². The average molecular weight is 365 g/mol. The fraction of sp³-hybridized carbons (Fsp3) is 0.391. The Morgan fingerprint density at radius 2 is 1.81 bits per heavy atom. The molecule has 1 unspecified atom stereocenters. The van der Waals surface area contributed by atoms with Crippen LogP contribution in [0.15, 0.2) is 54.6 Å². The number of carbonyl (C=O) groups is 2. The second-order valence-electron chi connectivity index (χ2n) is 7.11. The molecule has 1 aliphatic heterocycles. The lowest BCUT2D eigenvalue weighted by Gasteiger charge is -2.25. The van der Waals surface area contributed by atoms with Gasteiger partial charge in [0, 0.05) is 24.6 Å². The maximum absolute atomic E-state index is 12.6. The zero-order chi connectivity index (χ0) is 19.1. The van der Waals surface area contributed by atoms with Gasteiger partial charge in [0.15, 0.2) is 5.78 Å². The largest absolute Gasteiger partial charge is 0.494 e. The van der Waals surface area contributed by atoms with Crippen LogP contribution in [0, 0.1) is 0 Å². The van der Waals surface area contributed by atoms with E-state index in [0.717, 1.165) is 31.6 Å². The van der Waals surface area contributed by atoms with E-state index in [1.807, 2.05) is 6.07 Å². The van der Waals surface area contributed by atoms with E-state index in [1.165, 1.54) is 5.56 Å². The minimum Gasteiger partial charge on any atom is -0.494 e. The fourth-order valence-electron chi connectivity index (χ4n) is 3.61. The summed E-state index contributed by atoms with van der Waals surface area (Å²) in [7, 11) is 0. The van der Waals surface area contributed by atoms with Crippen LogP contribution in [0.3, 0.4) is 0 Å². The first-order valence-corrected chi connectivity index (χ1v) is 9.70. The number of carbonyl (C=O) groups excluding carboxylic acids is 2. The summed E-state index contributed by atoms with van der Waals surface area (Å²) in [5.41, 5.74) is 1.97. The molecule has 2 aromatic rings. The Bertz CT molecular complexity index is 755. The lowest BCUT2D eigenvalue weighted by atomic mass is 10.0. The van der Waals surface area contributed by atoms with Crippen molar-refractivity contribution in [1.82, 2.24) is 4.90 Å². The van der Waals surface area contributed by atoms with Crippen LogP contribution in [0.25, 0.3) is 0 Å². The highest BCUT2D eigenvalue weighted by Crippen LogP contribution is 2.22. The molecule has 3 rings (SSSR count). The number of rotatable bonds is 8. The molecule has 142 valence electrons. The van der Waals surface area contributed by atoms with Crippen LogP contribution in [-0.2, 0) is 11.2 Å². The van der Waals surface area contributed by atoms with Crippen LogP contribution >= 0.6 is 0 Å². The second-order valence-corrected chi connectivity index (χ2v) is 7.11. The summed E-state index contributed by atoms with van der Waals surface area (Å²) in [5, 5.41) is 0. The van der Waals surface area contributed by atoms with Gasteiger partial charge in [-0.15, -0.1) is 0 Å². The van der Waals surface area contributed by atoms with Crippen LogP contribution < -0.4 is 4.74 Å². The van der Waals surface area contributed by atoms with Gasteiger partial charge in [-0.2, -0.15) is 0 Å². The standard InChI is InChI=1S/C23H27NO3/c1-18(25)20-11-13-22(14-12-20)27-16-6-10-23(26)24-15-5-9-21(24)17-19-7-3-2-4-8-19/h2-4,7-8,11-14,21H,5-6,9-10,15-17H2,1H3. The molecule has 0 radical (unpaired) electrons. The van der Waals surface area contributed by atoms with Crippen LogP contribution in [-0.4, -0.2) is 35.8 Å². The van der Waals surface area contributed by atoms with Crippen molar-refractivity contribution in [2.45, 2.75) is 45.1 Å². The number of ketones is 1. The molecule has 0 aromatic heterocycles. The van der Waals surface area contributed by atoms with E-state index in [-0.39, 0.29) is 11.7 Å². The van der Waals surface area contributed by atoms with Gasteiger partial charge in [-0.05, 0) is 62.4 Å². The second kappa shape index (κ2) is 9.36. The first-order valence-electron chi connectivity index (χ1n) is 9.70. The molecule has 1 atom stereocenters. The molecule has 0 N–H and O–H groups in total. The van der Waals surface area contributed by atoms with Gasteiger partial charge in [-0.3, -0.25) is 9.59 Å². The van der Waals surface area contributed by atoms with Crippen molar-refractivity contribution in [2.24, 2.45) is 0 Å². The third-order valence-electron chi connectivity index (χ3n) is 5.08. The zero-order valence-electron chi connectivity index (χ0n) is 15.9. The van der Waals surface area contributed by atoms with Gasteiger partial charge in [0.25, 0.3) is 0 Å². The van der Waals surface area contributed by atoms with E-state index in [4.69, 9.17) is 4.74 Å². The molecular formula is C23H27NO3. The summed E-state index contributed by atoms with van der Waals surface area (Å²) in [4.78, 5) is 25.9. The van der Waals surface area contributed by atoms with Crippen molar-refractivity contribution in [3.63, 3.8) is 0 Å². The number of nitrogens with zero attached hydrogens (tertiary/aromatic N) is 1. The highest BCUT2D eigenvalue weighted by atomic mass is 16.5. The topological polar surface area (TPSA) is 46.6 Å². The molecule has 0 bridgehead atoms. The SMILES string of the molecule is CC(=O)c1ccc(OCCCC(=O)N2CCCC2Cc2ccccc2)cc1. The zero-order valence-corrected chi connectivity index (χ0v) is 15.9. The summed E-state index contributed by atoms with van der Waals surface area (Å²) in [6, 6.07) is 17.8. The highest BCUT2D eigenvalue weighted by Gasteiger charge is 2.28. The lowest BCUT2D eigenvalue weighted by molar-refractivity contribution is -0.132. The lowest BCUT2D eigenvalue weighted by Crippen LogP contribution is -2.36. The van der Waals surface area contributed by atoms with Gasteiger partial charge >= 0.3 is 0 Å². The maximum atomic E-state index is 12.6. The highest BCUT2D eigenvalue weighted by molar-refractivity contribution is 5.94. The molecule has 27 heavy (non-hydrogen) atoms. The smallest absolute Gasteiger partial charge is 0.222 e. The Hall–Kier alpha value is -2.62. The van der Waals surface area contributed by atoms with Crippen LogP contribution in [0.4, 0.5) is 0 Å². The molecule has 1 aliphatic rings. The molecule has 0 saturated carbocycles. The van der Waals surface area contributed by atoms with Gasteiger partial charge in [-0.1, -0.05) is 30.3 Å². The molecule has 0 spiro atoms. The summed E-state index contributed by atoms with van der Waals surface area (Å²) < 4.78 is 5.69. The van der Waals surface area contributed by atoms with Gasteiger partial charge < -0.3 is 9.64 Å². The van der Waals surface area contributed by atoms with E-state index in [9.17, 15) is 9.59 Å².